The van der Waals surface area contributed by atoms with Gasteiger partial charge in [0, 0.05) is 51.0 Å². The maximum atomic E-state index is 13.9. The fraction of sp³-hybridized carbons (Fsp3) is 0.481. The number of hydrogen-bond acceptors (Lipinski definition) is 5. The quantitative estimate of drug-likeness (QED) is 0.299. The lowest BCUT2D eigenvalue weighted by Crippen LogP contribution is -2.42. The summed E-state index contributed by atoms with van der Waals surface area (Å²) in [5, 5.41) is 11.9. The van der Waals surface area contributed by atoms with E-state index in [1.165, 1.54) is 6.07 Å². The Morgan fingerprint density at radius 1 is 1.03 bits per heavy atom. The van der Waals surface area contributed by atoms with E-state index in [-0.39, 0.29) is 31.7 Å². The van der Waals surface area contributed by atoms with Gasteiger partial charge in [0.25, 0.3) is 0 Å². The van der Waals surface area contributed by atoms with Crippen LogP contribution in [0, 0.1) is 11.6 Å². The highest BCUT2D eigenvalue weighted by Crippen LogP contribution is 2.15. The Morgan fingerprint density at radius 2 is 1.78 bits per heavy atom. The van der Waals surface area contributed by atoms with Crippen molar-refractivity contribution in [3.05, 3.63) is 65.2 Å². The van der Waals surface area contributed by atoms with E-state index in [2.05, 4.69) is 5.32 Å². The van der Waals surface area contributed by atoms with Gasteiger partial charge in [0.2, 0.25) is 0 Å². The number of aliphatic carboxylic acids is 1. The first-order valence-electron chi connectivity index (χ1n) is 12.4. The third-order valence-corrected chi connectivity index (χ3v) is 5.42. The van der Waals surface area contributed by atoms with Gasteiger partial charge >= 0.3 is 12.0 Å². The molecule has 0 saturated carbocycles. The van der Waals surface area contributed by atoms with Crippen LogP contribution in [0.2, 0.25) is 0 Å². The van der Waals surface area contributed by atoms with E-state index in [1.807, 2.05) is 6.92 Å². The van der Waals surface area contributed by atoms with Crippen molar-refractivity contribution >= 4 is 12.0 Å². The van der Waals surface area contributed by atoms with Crippen molar-refractivity contribution in [2.45, 2.75) is 45.8 Å². The fourth-order valence-corrected chi connectivity index (χ4v) is 3.49. The molecule has 0 saturated heterocycles. The number of nitrogens with zero attached hydrogens (tertiary/aromatic N) is 1. The summed E-state index contributed by atoms with van der Waals surface area (Å²) in [6.45, 7) is 6.05. The number of nitrogens with one attached hydrogen (secondary N) is 1. The van der Waals surface area contributed by atoms with E-state index < -0.39 is 29.7 Å². The second kappa shape index (κ2) is 16.5. The molecule has 0 aliphatic heterocycles. The van der Waals surface area contributed by atoms with E-state index in [9.17, 15) is 23.5 Å². The van der Waals surface area contributed by atoms with Crippen LogP contribution in [-0.2, 0) is 27.2 Å². The molecule has 2 aromatic rings. The Labute approximate surface area is 216 Å². The van der Waals surface area contributed by atoms with Crippen molar-refractivity contribution < 1.29 is 37.7 Å². The molecule has 2 amide bonds. The molecule has 0 fully saturated rings. The highest BCUT2D eigenvalue weighted by Gasteiger charge is 2.18. The van der Waals surface area contributed by atoms with E-state index in [1.54, 1.807) is 36.1 Å². The van der Waals surface area contributed by atoms with Gasteiger partial charge in [0.05, 0.1) is 6.54 Å². The molecule has 0 aliphatic carbocycles. The van der Waals surface area contributed by atoms with Crippen LogP contribution < -0.4 is 10.1 Å². The standard InChI is InChI=1S/C27H36F2N2O6/c1-3-14-35-15-5-12-31(27(34)30-19-21-8-9-22(28)18-24(21)29)13-16-37-23-10-6-20(7-11-23)17-25(26(32)33)36-4-2/h6-11,18,25H,3-5,12-17,19H2,1-2H3,(H,30,34)(H,32,33). The van der Waals surface area contributed by atoms with Crippen molar-refractivity contribution in [2.75, 3.05) is 39.5 Å². The largest absolute Gasteiger partial charge is 0.492 e. The average molecular weight is 523 g/mol. The molecule has 2 aromatic carbocycles. The van der Waals surface area contributed by atoms with Crippen LogP contribution >= 0.6 is 0 Å². The van der Waals surface area contributed by atoms with Gasteiger partial charge in [0.15, 0.2) is 6.10 Å². The number of hydrogen-bond donors (Lipinski definition) is 2. The Kier molecular flexibility index (Phi) is 13.4. The number of ether oxygens (including phenoxy) is 3. The first-order chi connectivity index (χ1) is 17.8. The smallest absolute Gasteiger partial charge is 0.333 e. The minimum Gasteiger partial charge on any atom is -0.492 e. The average Bonchev–Trinajstić information content (AvgIpc) is 2.87. The first kappa shape index (κ1) is 30.0. The zero-order valence-corrected chi connectivity index (χ0v) is 21.4. The summed E-state index contributed by atoms with van der Waals surface area (Å²) in [4.78, 5) is 25.6. The Bertz CT molecular complexity index is 974. The van der Waals surface area contributed by atoms with Gasteiger partial charge in [-0.1, -0.05) is 25.1 Å². The van der Waals surface area contributed by atoms with E-state index >= 15 is 0 Å². The molecule has 0 bridgehead atoms. The summed E-state index contributed by atoms with van der Waals surface area (Å²) in [7, 11) is 0. The molecule has 8 nitrogen and oxygen atoms in total. The molecule has 0 aromatic heterocycles. The van der Waals surface area contributed by atoms with Crippen LogP contribution in [0.3, 0.4) is 0 Å². The predicted octanol–water partition coefficient (Wildman–Crippen LogP) is 4.40. The van der Waals surface area contributed by atoms with Gasteiger partial charge in [-0.2, -0.15) is 0 Å². The van der Waals surface area contributed by atoms with Crippen LogP contribution in [-0.4, -0.2) is 67.6 Å². The van der Waals surface area contributed by atoms with Crippen molar-refractivity contribution in [3.63, 3.8) is 0 Å². The fourth-order valence-electron chi connectivity index (χ4n) is 3.49. The van der Waals surface area contributed by atoms with Crippen LogP contribution in [0.15, 0.2) is 42.5 Å². The molecule has 0 radical (unpaired) electrons. The Balaban J connectivity index is 1.89. The third kappa shape index (κ3) is 11.1. The number of rotatable bonds is 17. The van der Waals surface area contributed by atoms with Crippen molar-refractivity contribution in [2.24, 2.45) is 0 Å². The number of benzene rings is 2. The predicted molar refractivity (Wildman–Crippen MR) is 135 cm³/mol. The van der Waals surface area contributed by atoms with Crippen LogP contribution in [0.1, 0.15) is 37.8 Å². The maximum absolute atomic E-state index is 13.9. The molecule has 2 N–H and O–H groups in total. The highest BCUT2D eigenvalue weighted by atomic mass is 19.1. The van der Waals surface area contributed by atoms with Gasteiger partial charge < -0.3 is 29.5 Å². The number of carboxylic acids is 1. The third-order valence-electron chi connectivity index (χ3n) is 5.42. The summed E-state index contributed by atoms with van der Waals surface area (Å²) < 4.78 is 43.6. The molecule has 10 heteroatoms. The summed E-state index contributed by atoms with van der Waals surface area (Å²) in [6, 6.07) is 9.85. The van der Waals surface area contributed by atoms with Gasteiger partial charge in [-0.05, 0) is 43.5 Å². The van der Waals surface area contributed by atoms with E-state index in [4.69, 9.17) is 14.2 Å². The molecular formula is C27H36F2N2O6. The second-order valence-electron chi connectivity index (χ2n) is 8.33. The Morgan fingerprint density at radius 3 is 2.43 bits per heavy atom. The Hall–Kier alpha value is -3.24. The van der Waals surface area contributed by atoms with Crippen LogP contribution in [0.4, 0.5) is 13.6 Å². The minimum absolute atomic E-state index is 0.0742. The molecule has 0 spiro atoms. The van der Waals surface area contributed by atoms with Gasteiger partial charge in [-0.15, -0.1) is 0 Å². The van der Waals surface area contributed by atoms with Crippen molar-refractivity contribution in [1.29, 1.82) is 0 Å². The molecular weight excluding hydrogens is 486 g/mol. The van der Waals surface area contributed by atoms with Gasteiger partial charge in [-0.25, -0.2) is 18.4 Å². The summed E-state index contributed by atoms with van der Waals surface area (Å²) in [6.07, 6.45) is 0.861. The molecule has 0 aliphatic rings. The highest BCUT2D eigenvalue weighted by molar-refractivity contribution is 5.74. The first-order valence-corrected chi connectivity index (χ1v) is 12.4. The number of carbonyl (C=O) groups is 2. The molecule has 204 valence electrons. The zero-order chi connectivity index (χ0) is 27.0. The van der Waals surface area contributed by atoms with Gasteiger partial charge in [-0.3, -0.25) is 0 Å². The molecule has 1 unspecified atom stereocenters. The normalized spacial score (nSPS) is 11.7. The van der Waals surface area contributed by atoms with E-state index in [0.29, 0.717) is 38.5 Å². The lowest BCUT2D eigenvalue weighted by molar-refractivity contribution is -0.149. The monoisotopic (exact) mass is 522 g/mol. The number of carboxylic acid groups (broad SMARTS) is 1. The zero-order valence-electron chi connectivity index (χ0n) is 21.4. The van der Waals surface area contributed by atoms with Gasteiger partial charge in [0.1, 0.15) is 24.0 Å². The topological polar surface area (TPSA) is 97.3 Å². The SMILES string of the molecule is CCCOCCCN(CCOc1ccc(CC(OCC)C(=O)O)cc1)C(=O)NCc1ccc(F)cc1F. The number of halogens is 2. The van der Waals surface area contributed by atoms with Crippen molar-refractivity contribution in [1.82, 2.24) is 10.2 Å². The summed E-state index contributed by atoms with van der Waals surface area (Å²) in [5.74, 6) is -1.83. The van der Waals surface area contributed by atoms with Crippen LogP contribution in [0.25, 0.3) is 0 Å². The molecule has 0 heterocycles. The summed E-state index contributed by atoms with van der Waals surface area (Å²) in [5.41, 5.74) is 0.987. The second-order valence-corrected chi connectivity index (χ2v) is 8.33. The lowest BCUT2D eigenvalue weighted by atomic mass is 10.1. The molecule has 37 heavy (non-hydrogen) atoms. The number of carbonyl (C=O) groups excluding carboxylic acids is 1. The minimum atomic E-state index is -1.01. The van der Waals surface area contributed by atoms with Crippen molar-refractivity contribution in [3.8, 4) is 5.75 Å². The molecule has 1 atom stereocenters. The number of urea groups is 1. The lowest BCUT2D eigenvalue weighted by Gasteiger charge is -2.23. The number of amides is 2. The maximum Gasteiger partial charge on any atom is 0.333 e. The van der Waals surface area contributed by atoms with E-state index in [0.717, 1.165) is 24.1 Å². The summed E-state index contributed by atoms with van der Waals surface area (Å²) >= 11 is 0. The molecule has 2 rings (SSSR count). The van der Waals surface area contributed by atoms with Crippen LogP contribution in [0.5, 0.6) is 5.75 Å².